The largest absolute Gasteiger partial charge is 0.490 e. The quantitative estimate of drug-likeness (QED) is 0.519. The van der Waals surface area contributed by atoms with Crippen LogP contribution in [0, 0.1) is 6.92 Å². The van der Waals surface area contributed by atoms with Gasteiger partial charge in [-0.1, -0.05) is 30.9 Å². The van der Waals surface area contributed by atoms with E-state index in [9.17, 15) is 13.2 Å². The number of hydrogen-bond donors (Lipinski definition) is 2. The highest BCUT2D eigenvalue weighted by atomic mass is 32.2. The average molecular weight is 423 g/mol. The van der Waals surface area contributed by atoms with Crippen molar-refractivity contribution in [3.05, 3.63) is 96.6 Å². The zero-order chi connectivity index (χ0) is 21.6. The SMILES string of the molecule is C=CCOc1ccc(C(=O)Nc2ccc(S(=O)(=O)Nc3ccccc3C)cc2)cc1. The Hall–Kier alpha value is -3.58. The lowest BCUT2D eigenvalue weighted by Crippen LogP contribution is -2.14. The summed E-state index contributed by atoms with van der Waals surface area (Å²) in [5.74, 6) is 0.334. The number of benzene rings is 3. The third-order valence-electron chi connectivity index (χ3n) is 4.30. The van der Waals surface area contributed by atoms with E-state index in [1.54, 1.807) is 54.6 Å². The lowest BCUT2D eigenvalue weighted by molar-refractivity contribution is 0.102. The molecule has 0 saturated heterocycles. The summed E-state index contributed by atoms with van der Waals surface area (Å²) in [5.41, 5.74) is 2.29. The molecule has 0 heterocycles. The Morgan fingerprint density at radius 1 is 1.00 bits per heavy atom. The van der Waals surface area contributed by atoms with Crippen LogP contribution in [0.3, 0.4) is 0 Å². The average Bonchev–Trinajstić information content (AvgIpc) is 2.74. The van der Waals surface area contributed by atoms with Crippen molar-refractivity contribution >= 4 is 27.3 Å². The van der Waals surface area contributed by atoms with Crippen LogP contribution in [0.2, 0.25) is 0 Å². The van der Waals surface area contributed by atoms with Gasteiger partial charge in [0, 0.05) is 11.3 Å². The van der Waals surface area contributed by atoms with E-state index in [0.717, 1.165) is 5.56 Å². The van der Waals surface area contributed by atoms with Crippen molar-refractivity contribution < 1.29 is 17.9 Å². The van der Waals surface area contributed by atoms with E-state index in [0.29, 0.717) is 29.3 Å². The molecule has 0 spiro atoms. The van der Waals surface area contributed by atoms with Gasteiger partial charge in [-0.25, -0.2) is 8.42 Å². The number of para-hydroxylation sites is 1. The third kappa shape index (κ3) is 5.27. The van der Waals surface area contributed by atoms with Crippen LogP contribution in [-0.4, -0.2) is 20.9 Å². The van der Waals surface area contributed by atoms with Gasteiger partial charge in [-0.2, -0.15) is 0 Å². The molecule has 2 N–H and O–H groups in total. The molecular weight excluding hydrogens is 400 g/mol. The number of hydrogen-bond acceptors (Lipinski definition) is 4. The van der Waals surface area contributed by atoms with Crippen LogP contribution in [0.1, 0.15) is 15.9 Å². The van der Waals surface area contributed by atoms with E-state index >= 15 is 0 Å². The fourth-order valence-corrected chi connectivity index (χ4v) is 3.80. The highest BCUT2D eigenvalue weighted by Gasteiger charge is 2.15. The molecule has 0 saturated carbocycles. The van der Waals surface area contributed by atoms with Crippen molar-refractivity contribution in [3.63, 3.8) is 0 Å². The summed E-state index contributed by atoms with van der Waals surface area (Å²) in [4.78, 5) is 12.5. The van der Waals surface area contributed by atoms with Crippen LogP contribution in [0.25, 0.3) is 0 Å². The van der Waals surface area contributed by atoms with E-state index in [4.69, 9.17) is 4.74 Å². The molecule has 0 aliphatic heterocycles. The molecule has 6 nitrogen and oxygen atoms in total. The van der Waals surface area contributed by atoms with E-state index < -0.39 is 10.0 Å². The first-order chi connectivity index (χ1) is 14.4. The van der Waals surface area contributed by atoms with Crippen molar-refractivity contribution in [2.45, 2.75) is 11.8 Å². The molecule has 0 unspecified atom stereocenters. The predicted octanol–water partition coefficient (Wildman–Crippen LogP) is 4.61. The normalized spacial score (nSPS) is 10.8. The number of carbonyl (C=O) groups excluding carboxylic acids is 1. The van der Waals surface area contributed by atoms with Crippen LogP contribution in [-0.2, 0) is 10.0 Å². The second kappa shape index (κ2) is 9.28. The van der Waals surface area contributed by atoms with Gasteiger partial charge >= 0.3 is 0 Å². The van der Waals surface area contributed by atoms with E-state index in [-0.39, 0.29) is 10.8 Å². The lowest BCUT2D eigenvalue weighted by Gasteiger charge is -2.11. The Kier molecular flexibility index (Phi) is 6.54. The van der Waals surface area contributed by atoms with Crippen LogP contribution in [0.5, 0.6) is 5.75 Å². The Morgan fingerprint density at radius 2 is 1.67 bits per heavy atom. The second-order valence-electron chi connectivity index (χ2n) is 6.52. The number of amides is 1. The molecule has 7 heteroatoms. The summed E-state index contributed by atoms with van der Waals surface area (Å²) in [6.45, 7) is 5.80. The standard InChI is InChI=1S/C23H22N2O4S/c1-3-16-29-20-12-8-18(9-13-20)23(26)24-19-10-14-21(15-11-19)30(27,28)25-22-7-5-4-6-17(22)2/h3-15,25H,1,16H2,2H3,(H,24,26). The van der Waals surface area contributed by atoms with Crippen molar-refractivity contribution in [2.24, 2.45) is 0 Å². The van der Waals surface area contributed by atoms with Gasteiger partial charge in [-0.3, -0.25) is 9.52 Å². The van der Waals surface area contributed by atoms with Gasteiger partial charge < -0.3 is 10.1 Å². The molecule has 0 atom stereocenters. The van der Waals surface area contributed by atoms with Crippen LogP contribution < -0.4 is 14.8 Å². The molecule has 30 heavy (non-hydrogen) atoms. The molecule has 0 fully saturated rings. The maximum Gasteiger partial charge on any atom is 0.261 e. The number of aryl methyl sites for hydroxylation is 1. The minimum Gasteiger partial charge on any atom is -0.490 e. The number of ether oxygens (including phenoxy) is 1. The maximum absolute atomic E-state index is 12.6. The molecule has 1 amide bonds. The second-order valence-corrected chi connectivity index (χ2v) is 8.21. The monoisotopic (exact) mass is 422 g/mol. The van der Waals surface area contributed by atoms with E-state index in [1.807, 2.05) is 19.1 Å². The number of sulfonamides is 1. The third-order valence-corrected chi connectivity index (χ3v) is 5.68. The first-order valence-electron chi connectivity index (χ1n) is 9.23. The zero-order valence-corrected chi connectivity index (χ0v) is 17.3. The molecule has 0 bridgehead atoms. The van der Waals surface area contributed by atoms with Gasteiger partial charge in [0.05, 0.1) is 10.6 Å². The molecule has 0 aromatic heterocycles. The Morgan fingerprint density at radius 3 is 2.30 bits per heavy atom. The van der Waals surface area contributed by atoms with Gasteiger partial charge in [-0.05, 0) is 67.1 Å². The molecule has 0 radical (unpaired) electrons. The van der Waals surface area contributed by atoms with Crippen LogP contribution in [0.15, 0.2) is 90.3 Å². The summed E-state index contributed by atoms with van der Waals surface area (Å²) in [5, 5.41) is 2.75. The first kappa shape index (κ1) is 21.1. The summed E-state index contributed by atoms with van der Waals surface area (Å²) >= 11 is 0. The summed E-state index contributed by atoms with van der Waals surface area (Å²) < 4.78 is 33.2. The van der Waals surface area contributed by atoms with Crippen molar-refractivity contribution in [1.29, 1.82) is 0 Å². The number of rotatable bonds is 8. The fourth-order valence-electron chi connectivity index (χ4n) is 2.67. The minimum absolute atomic E-state index is 0.104. The van der Waals surface area contributed by atoms with Crippen molar-refractivity contribution in [1.82, 2.24) is 0 Å². The van der Waals surface area contributed by atoms with Gasteiger partial charge in [-0.15, -0.1) is 0 Å². The molecule has 3 rings (SSSR count). The Labute approximate surface area is 176 Å². The van der Waals surface area contributed by atoms with Crippen LogP contribution in [0.4, 0.5) is 11.4 Å². The van der Waals surface area contributed by atoms with Crippen molar-refractivity contribution in [3.8, 4) is 5.75 Å². The molecule has 3 aromatic rings. The molecule has 0 aliphatic rings. The molecule has 154 valence electrons. The van der Waals surface area contributed by atoms with Crippen LogP contribution >= 0.6 is 0 Å². The number of anilines is 2. The zero-order valence-electron chi connectivity index (χ0n) is 16.5. The smallest absolute Gasteiger partial charge is 0.261 e. The molecule has 0 aliphatic carbocycles. The van der Waals surface area contributed by atoms with E-state index in [2.05, 4.69) is 16.6 Å². The highest BCUT2D eigenvalue weighted by molar-refractivity contribution is 7.92. The highest BCUT2D eigenvalue weighted by Crippen LogP contribution is 2.21. The number of nitrogens with one attached hydrogen (secondary N) is 2. The van der Waals surface area contributed by atoms with Gasteiger partial charge in [0.15, 0.2) is 0 Å². The Bertz CT molecular complexity index is 1140. The van der Waals surface area contributed by atoms with Gasteiger partial charge in [0.25, 0.3) is 15.9 Å². The summed E-state index contributed by atoms with van der Waals surface area (Å²) in [6, 6.07) is 19.8. The van der Waals surface area contributed by atoms with E-state index in [1.165, 1.54) is 12.1 Å². The molecule has 3 aromatic carbocycles. The first-order valence-corrected chi connectivity index (χ1v) is 10.7. The van der Waals surface area contributed by atoms with Gasteiger partial charge in [0.2, 0.25) is 0 Å². The number of carbonyl (C=O) groups is 1. The van der Waals surface area contributed by atoms with Crippen molar-refractivity contribution in [2.75, 3.05) is 16.6 Å². The Balaban J connectivity index is 1.67. The topological polar surface area (TPSA) is 84.5 Å². The maximum atomic E-state index is 12.6. The summed E-state index contributed by atoms with van der Waals surface area (Å²) in [7, 11) is -3.73. The minimum atomic E-state index is -3.73. The lowest BCUT2D eigenvalue weighted by atomic mass is 10.2. The fraction of sp³-hybridized carbons (Fsp3) is 0.0870. The predicted molar refractivity (Wildman–Crippen MR) is 119 cm³/mol. The van der Waals surface area contributed by atoms with Gasteiger partial charge in [0.1, 0.15) is 12.4 Å². The molecular formula is C23H22N2O4S. The summed E-state index contributed by atoms with van der Waals surface area (Å²) in [6.07, 6.45) is 1.64.